The first kappa shape index (κ1) is 15.8. The van der Waals surface area contributed by atoms with Gasteiger partial charge in [0.15, 0.2) is 0 Å². The summed E-state index contributed by atoms with van der Waals surface area (Å²) < 4.78 is 5.30. The minimum Gasteiger partial charge on any atom is -0.496 e. The van der Waals surface area contributed by atoms with Gasteiger partial charge in [-0.2, -0.15) is 0 Å². The molecule has 116 valence electrons. The lowest BCUT2D eigenvalue weighted by molar-refractivity contribution is -0.124. The average Bonchev–Trinajstić information content (AvgIpc) is 2.49. The van der Waals surface area contributed by atoms with Crippen molar-refractivity contribution >= 4 is 5.91 Å². The van der Waals surface area contributed by atoms with Crippen molar-refractivity contribution in [1.29, 1.82) is 0 Å². The lowest BCUT2D eigenvalue weighted by atomic mass is 9.92. The Morgan fingerprint density at radius 1 is 1.43 bits per heavy atom. The fraction of sp³-hybridized carbons (Fsp3) is 0.562. The van der Waals surface area contributed by atoms with E-state index in [0.717, 1.165) is 37.2 Å². The van der Waals surface area contributed by atoms with Crippen LogP contribution in [0, 0.1) is 5.92 Å². The topological polar surface area (TPSA) is 81.6 Å². The number of hydrogen-bond donors (Lipinski definition) is 2. The summed E-state index contributed by atoms with van der Waals surface area (Å²) in [5.74, 6) is 0.598. The van der Waals surface area contributed by atoms with Crippen LogP contribution in [-0.4, -0.2) is 30.5 Å². The number of primary amides is 1. The molecule has 0 saturated carbocycles. The Morgan fingerprint density at radius 3 is 2.81 bits per heavy atom. The van der Waals surface area contributed by atoms with E-state index in [0.29, 0.717) is 12.6 Å². The molecule has 2 rings (SSSR count). The summed E-state index contributed by atoms with van der Waals surface area (Å²) in [6, 6.07) is 6.56. The molecule has 0 spiro atoms. The zero-order chi connectivity index (χ0) is 15.4. The van der Waals surface area contributed by atoms with Crippen LogP contribution in [0.15, 0.2) is 18.2 Å². The Balaban J connectivity index is 2.10. The van der Waals surface area contributed by atoms with Crippen LogP contribution >= 0.6 is 0 Å². The fourth-order valence-electron chi connectivity index (χ4n) is 2.96. The van der Waals surface area contributed by atoms with Crippen LogP contribution in [0.4, 0.5) is 0 Å². The monoisotopic (exact) mass is 291 g/mol. The van der Waals surface area contributed by atoms with Gasteiger partial charge in [0.1, 0.15) is 5.75 Å². The molecule has 1 heterocycles. The second-order valence-corrected chi connectivity index (χ2v) is 5.81. The van der Waals surface area contributed by atoms with Crippen LogP contribution in [0.1, 0.15) is 30.9 Å². The molecule has 1 fully saturated rings. The second kappa shape index (κ2) is 6.91. The Kier molecular flexibility index (Phi) is 5.20. The van der Waals surface area contributed by atoms with Gasteiger partial charge in [-0.15, -0.1) is 0 Å². The molecule has 0 bridgehead atoms. The molecular formula is C16H25N3O2. The molecule has 2 unspecified atom stereocenters. The van der Waals surface area contributed by atoms with E-state index in [1.165, 1.54) is 5.56 Å². The minimum absolute atomic E-state index is 0.0339. The molecule has 5 nitrogen and oxygen atoms in total. The first-order valence-corrected chi connectivity index (χ1v) is 7.44. The molecule has 1 saturated heterocycles. The molecule has 0 aromatic heterocycles. The second-order valence-electron chi connectivity index (χ2n) is 5.81. The summed E-state index contributed by atoms with van der Waals surface area (Å²) in [6.07, 6.45) is 1.90. The third kappa shape index (κ3) is 3.74. The maximum absolute atomic E-state index is 11.4. The van der Waals surface area contributed by atoms with Crippen LogP contribution < -0.4 is 16.2 Å². The van der Waals surface area contributed by atoms with Gasteiger partial charge in [-0.05, 0) is 37.5 Å². The number of ether oxygens (including phenoxy) is 1. The summed E-state index contributed by atoms with van der Waals surface area (Å²) >= 11 is 0. The maximum atomic E-state index is 11.4. The van der Waals surface area contributed by atoms with Crippen molar-refractivity contribution in [3.05, 3.63) is 29.3 Å². The smallest absolute Gasteiger partial charge is 0.221 e. The van der Waals surface area contributed by atoms with Crippen molar-refractivity contribution in [2.45, 2.75) is 38.9 Å². The summed E-state index contributed by atoms with van der Waals surface area (Å²) in [5, 5.41) is 0. The molecule has 0 aliphatic carbocycles. The minimum atomic E-state index is -0.190. The number of amides is 1. The third-order valence-corrected chi connectivity index (χ3v) is 4.36. The van der Waals surface area contributed by atoms with E-state index in [4.69, 9.17) is 16.2 Å². The number of hydrogen-bond acceptors (Lipinski definition) is 4. The standard InChI is InChI=1S/C16H25N3O2/c1-11-3-5-13(16(18)20)10-19(11)9-12-4-6-15(21-2)14(7-12)8-17/h4,6-7,11,13H,3,5,8-10,17H2,1-2H3,(H2,18,20). The number of nitrogens with zero attached hydrogens (tertiary/aromatic N) is 1. The summed E-state index contributed by atoms with van der Waals surface area (Å²) in [7, 11) is 1.65. The van der Waals surface area contributed by atoms with Gasteiger partial charge in [-0.3, -0.25) is 9.69 Å². The third-order valence-electron chi connectivity index (χ3n) is 4.36. The largest absolute Gasteiger partial charge is 0.496 e. The van der Waals surface area contributed by atoms with Crippen molar-refractivity contribution in [3.8, 4) is 5.75 Å². The number of carbonyl (C=O) groups is 1. The molecule has 5 heteroatoms. The zero-order valence-electron chi connectivity index (χ0n) is 12.8. The first-order valence-electron chi connectivity index (χ1n) is 7.44. The quantitative estimate of drug-likeness (QED) is 0.855. The van der Waals surface area contributed by atoms with E-state index < -0.39 is 0 Å². The van der Waals surface area contributed by atoms with Crippen LogP contribution in [0.25, 0.3) is 0 Å². The maximum Gasteiger partial charge on any atom is 0.221 e. The lowest BCUT2D eigenvalue weighted by Gasteiger charge is -2.37. The molecular weight excluding hydrogens is 266 g/mol. The SMILES string of the molecule is COc1ccc(CN2CC(C(N)=O)CCC2C)cc1CN. The number of methoxy groups -OCH3 is 1. The molecule has 1 aromatic rings. The summed E-state index contributed by atoms with van der Waals surface area (Å²) in [6.45, 7) is 4.20. The Morgan fingerprint density at radius 2 is 2.19 bits per heavy atom. The predicted octanol–water partition coefficient (Wildman–Crippen LogP) is 1.24. The average molecular weight is 291 g/mol. The molecule has 1 amide bonds. The van der Waals surface area contributed by atoms with Gasteiger partial charge in [0.05, 0.1) is 13.0 Å². The number of rotatable bonds is 5. The fourth-order valence-corrected chi connectivity index (χ4v) is 2.96. The number of piperidine rings is 1. The number of carbonyl (C=O) groups excluding carboxylic acids is 1. The van der Waals surface area contributed by atoms with Crippen LogP contribution in [0.3, 0.4) is 0 Å². The molecule has 1 aliphatic rings. The lowest BCUT2D eigenvalue weighted by Crippen LogP contribution is -2.45. The van der Waals surface area contributed by atoms with Gasteiger partial charge < -0.3 is 16.2 Å². The molecule has 2 atom stereocenters. The Labute approximate surface area is 126 Å². The van der Waals surface area contributed by atoms with Crippen molar-refractivity contribution in [3.63, 3.8) is 0 Å². The van der Waals surface area contributed by atoms with Crippen molar-refractivity contribution in [2.24, 2.45) is 17.4 Å². The number of nitrogens with two attached hydrogens (primary N) is 2. The van der Waals surface area contributed by atoms with Crippen LogP contribution in [-0.2, 0) is 17.9 Å². The summed E-state index contributed by atoms with van der Waals surface area (Å²) in [4.78, 5) is 13.7. The highest BCUT2D eigenvalue weighted by Gasteiger charge is 2.28. The number of benzene rings is 1. The molecule has 21 heavy (non-hydrogen) atoms. The highest BCUT2D eigenvalue weighted by molar-refractivity contribution is 5.77. The molecule has 0 radical (unpaired) electrons. The predicted molar refractivity (Wildman–Crippen MR) is 82.7 cm³/mol. The van der Waals surface area contributed by atoms with Crippen LogP contribution in [0.5, 0.6) is 5.75 Å². The van der Waals surface area contributed by atoms with Crippen molar-refractivity contribution in [1.82, 2.24) is 4.90 Å². The van der Waals surface area contributed by atoms with E-state index in [9.17, 15) is 4.79 Å². The molecule has 1 aliphatic heterocycles. The van der Waals surface area contributed by atoms with Crippen LogP contribution in [0.2, 0.25) is 0 Å². The van der Waals surface area contributed by atoms with Gasteiger partial charge >= 0.3 is 0 Å². The van der Waals surface area contributed by atoms with E-state index in [-0.39, 0.29) is 11.8 Å². The highest BCUT2D eigenvalue weighted by Crippen LogP contribution is 2.25. The van der Waals surface area contributed by atoms with Gasteiger partial charge in [-0.25, -0.2) is 0 Å². The Bertz CT molecular complexity index is 504. The summed E-state index contributed by atoms with van der Waals surface area (Å²) in [5.41, 5.74) is 13.4. The van der Waals surface area contributed by atoms with Gasteiger partial charge in [-0.1, -0.05) is 6.07 Å². The molecule has 4 N–H and O–H groups in total. The van der Waals surface area contributed by atoms with E-state index in [2.05, 4.69) is 24.0 Å². The van der Waals surface area contributed by atoms with Gasteiger partial charge in [0.25, 0.3) is 0 Å². The van der Waals surface area contributed by atoms with E-state index >= 15 is 0 Å². The van der Waals surface area contributed by atoms with E-state index in [1.807, 2.05) is 6.07 Å². The molecule has 1 aromatic carbocycles. The van der Waals surface area contributed by atoms with Crippen molar-refractivity contribution in [2.75, 3.05) is 13.7 Å². The zero-order valence-corrected chi connectivity index (χ0v) is 12.8. The first-order chi connectivity index (χ1) is 10.0. The number of likely N-dealkylation sites (tertiary alicyclic amines) is 1. The van der Waals surface area contributed by atoms with Gasteiger partial charge in [0, 0.05) is 31.2 Å². The highest BCUT2D eigenvalue weighted by atomic mass is 16.5. The normalized spacial score (nSPS) is 23.0. The van der Waals surface area contributed by atoms with Crippen molar-refractivity contribution < 1.29 is 9.53 Å². The van der Waals surface area contributed by atoms with E-state index in [1.54, 1.807) is 7.11 Å². The van der Waals surface area contributed by atoms with Gasteiger partial charge in [0.2, 0.25) is 5.91 Å². The Hall–Kier alpha value is -1.59.